The normalized spacial score (nSPS) is 16.5. The largest absolute Gasteiger partial charge is 0.335 e. The molecule has 1 fully saturated rings. The maximum Gasteiger partial charge on any atom is 0.270 e. The molecule has 5 heterocycles. The summed E-state index contributed by atoms with van der Waals surface area (Å²) in [6.07, 6.45) is 4.46. The molecule has 1 aliphatic rings. The number of fused-ring (bicyclic) bond motifs is 1. The Hall–Kier alpha value is -3.48. The second-order valence-corrected chi connectivity index (χ2v) is 6.78. The molecule has 134 valence electrons. The Morgan fingerprint density at radius 3 is 2.89 bits per heavy atom. The van der Waals surface area contributed by atoms with Crippen molar-refractivity contribution in [2.75, 3.05) is 6.54 Å². The fourth-order valence-electron chi connectivity index (χ4n) is 3.55. The van der Waals surface area contributed by atoms with Crippen LogP contribution in [0.15, 0.2) is 48.8 Å². The van der Waals surface area contributed by atoms with E-state index in [9.17, 15) is 4.79 Å². The molecule has 0 radical (unpaired) electrons. The van der Waals surface area contributed by atoms with Gasteiger partial charge in [-0.1, -0.05) is 6.07 Å². The van der Waals surface area contributed by atoms with Crippen molar-refractivity contribution < 1.29 is 4.79 Å². The highest BCUT2D eigenvalue weighted by atomic mass is 16.2. The number of nitrogens with one attached hydrogen (secondary N) is 2. The highest BCUT2D eigenvalue weighted by Gasteiger charge is 2.35. The van der Waals surface area contributed by atoms with E-state index in [1.54, 1.807) is 12.4 Å². The number of hydrogen-bond donors (Lipinski definition) is 2. The molecule has 1 saturated heterocycles. The molecule has 1 amide bonds. The molecule has 7 heteroatoms. The van der Waals surface area contributed by atoms with Crippen molar-refractivity contribution in [2.24, 2.45) is 0 Å². The van der Waals surface area contributed by atoms with Gasteiger partial charge in [-0.05, 0) is 43.7 Å². The van der Waals surface area contributed by atoms with E-state index in [0.29, 0.717) is 11.3 Å². The van der Waals surface area contributed by atoms with Crippen molar-refractivity contribution in [2.45, 2.75) is 19.4 Å². The number of amides is 1. The van der Waals surface area contributed by atoms with Gasteiger partial charge in [-0.2, -0.15) is 5.10 Å². The molecule has 7 nitrogen and oxygen atoms in total. The zero-order valence-electron chi connectivity index (χ0n) is 14.8. The minimum absolute atomic E-state index is 0.0176. The van der Waals surface area contributed by atoms with Gasteiger partial charge in [0.05, 0.1) is 23.6 Å². The van der Waals surface area contributed by atoms with E-state index >= 15 is 0 Å². The zero-order valence-corrected chi connectivity index (χ0v) is 14.8. The molecule has 0 unspecified atom stereocenters. The van der Waals surface area contributed by atoms with Gasteiger partial charge in [0.1, 0.15) is 11.3 Å². The van der Waals surface area contributed by atoms with E-state index in [1.165, 1.54) is 0 Å². The summed E-state index contributed by atoms with van der Waals surface area (Å²) in [6.45, 7) is 2.70. The summed E-state index contributed by atoms with van der Waals surface area (Å²) in [5.41, 5.74) is 4.93. The van der Waals surface area contributed by atoms with Crippen molar-refractivity contribution in [1.82, 2.24) is 30.0 Å². The van der Waals surface area contributed by atoms with Gasteiger partial charge in [-0.15, -0.1) is 0 Å². The number of aryl methyl sites for hydroxylation is 1. The fourth-order valence-corrected chi connectivity index (χ4v) is 3.55. The number of carbonyl (C=O) groups is 1. The van der Waals surface area contributed by atoms with Gasteiger partial charge in [-0.3, -0.25) is 14.9 Å². The van der Waals surface area contributed by atoms with Crippen molar-refractivity contribution in [3.05, 3.63) is 65.9 Å². The first-order chi connectivity index (χ1) is 13.2. The molecule has 2 N–H and O–H groups in total. The second kappa shape index (κ2) is 6.05. The van der Waals surface area contributed by atoms with Crippen LogP contribution in [0.1, 0.15) is 34.3 Å². The summed E-state index contributed by atoms with van der Waals surface area (Å²) in [4.78, 5) is 27.1. The first kappa shape index (κ1) is 15.7. The van der Waals surface area contributed by atoms with E-state index < -0.39 is 0 Å². The van der Waals surface area contributed by atoms with Gasteiger partial charge in [0.25, 0.3) is 5.91 Å². The van der Waals surface area contributed by atoms with Crippen LogP contribution in [0.3, 0.4) is 0 Å². The van der Waals surface area contributed by atoms with Crippen LogP contribution in [0.5, 0.6) is 0 Å². The van der Waals surface area contributed by atoms with Crippen molar-refractivity contribution in [1.29, 1.82) is 0 Å². The molecular weight excluding hydrogens is 340 g/mol. The smallest absolute Gasteiger partial charge is 0.270 e. The highest BCUT2D eigenvalue weighted by molar-refractivity contribution is 5.98. The Morgan fingerprint density at radius 2 is 2.19 bits per heavy atom. The SMILES string of the molecule is Cc1[nH]ncc1-c1ccc2cc(C(=O)N3CC[C@@H]3c3ccccn3)[nH]c2n1. The predicted molar refractivity (Wildman–Crippen MR) is 101 cm³/mol. The predicted octanol–water partition coefficient (Wildman–Crippen LogP) is 3.24. The molecule has 27 heavy (non-hydrogen) atoms. The Morgan fingerprint density at radius 1 is 1.26 bits per heavy atom. The van der Waals surface area contributed by atoms with Crippen LogP contribution in [0.4, 0.5) is 0 Å². The number of hydrogen-bond acceptors (Lipinski definition) is 4. The first-order valence-electron chi connectivity index (χ1n) is 8.93. The summed E-state index contributed by atoms with van der Waals surface area (Å²) < 4.78 is 0. The molecule has 5 rings (SSSR count). The van der Waals surface area contributed by atoms with E-state index in [4.69, 9.17) is 0 Å². The van der Waals surface area contributed by atoms with Gasteiger partial charge in [0.2, 0.25) is 0 Å². The van der Waals surface area contributed by atoms with Gasteiger partial charge in [0.15, 0.2) is 0 Å². The Balaban J connectivity index is 1.45. The van der Waals surface area contributed by atoms with Crippen LogP contribution in [-0.4, -0.2) is 42.5 Å². The number of aromatic nitrogens is 5. The number of pyridine rings is 2. The molecule has 0 aliphatic carbocycles. The van der Waals surface area contributed by atoms with E-state index in [1.807, 2.05) is 48.2 Å². The molecule has 4 aromatic rings. The maximum atomic E-state index is 13.0. The van der Waals surface area contributed by atoms with Crippen LogP contribution >= 0.6 is 0 Å². The number of aromatic amines is 2. The van der Waals surface area contributed by atoms with E-state index in [-0.39, 0.29) is 11.9 Å². The number of rotatable bonds is 3. The molecule has 0 bridgehead atoms. The minimum atomic E-state index is -0.0176. The van der Waals surface area contributed by atoms with Crippen LogP contribution in [-0.2, 0) is 0 Å². The molecule has 0 saturated carbocycles. The van der Waals surface area contributed by atoms with Crippen LogP contribution < -0.4 is 0 Å². The zero-order chi connectivity index (χ0) is 18.4. The number of likely N-dealkylation sites (tertiary alicyclic amines) is 1. The fraction of sp³-hybridized carbons (Fsp3) is 0.200. The van der Waals surface area contributed by atoms with E-state index in [2.05, 4.69) is 25.1 Å². The molecular formula is C20H18N6O. The van der Waals surface area contributed by atoms with Gasteiger partial charge >= 0.3 is 0 Å². The first-order valence-corrected chi connectivity index (χ1v) is 8.93. The molecule has 1 aliphatic heterocycles. The maximum absolute atomic E-state index is 13.0. The third-order valence-electron chi connectivity index (χ3n) is 5.13. The molecule has 4 aromatic heterocycles. The van der Waals surface area contributed by atoms with Gasteiger partial charge < -0.3 is 9.88 Å². The van der Waals surface area contributed by atoms with Crippen molar-refractivity contribution in [3.63, 3.8) is 0 Å². The lowest BCUT2D eigenvalue weighted by Gasteiger charge is -2.40. The molecule has 0 aromatic carbocycles. The van der Waals surface area contributed by atoms with Crippen LogP contribution in [0, 0.1) is 6.92 Å². The summed E-state index contributed by atoms with van der Waals surface area (Å²) in [6, 6.07) is 11.6. The summed E-state index contributed by atoms with van der Waals surface area (Å²) in [5, 5.41) is 7.89. The van der Waals surface area contributed by atoms with Gasteiger partial charge in [-0.25, -0.2) is 4.98 Å². The lowest BCUT2D eigenvalue weighted by molar-refractivity contribution is 0.0446. The van der Waals surface area contributed by atoms with Crippen LogP contribution in [0.2, 0.25) is 0 Å². The number of carbonyl (C=O) groups excluding carboxylic acids is 1. The highest BCUT2D eigenvalue weighted by Crippen LogP contribution is 2.33. The second-order valence-electron chi connectivity index (χ2n) is 6.78. The monoisotopic (exact) mass is 358 g/mol. The van der Waals surface area contributed by atoms with Crippen molar-refractivity contribution >= 4 is 16.9 Å². The average molecular weight is 358 g/mol. The minimum Gasteiger partial charge on any atom is -0.335 e. The quantitative estimate of drug-likeness (QED) is 0.588. The summed E-state index contributed by atoms with van der Waals surface area (Å²) in [7, 11) is 0. The molecule has 0 spiro atoms. The Bertz CT molecular complexity index is 1130. The third-order valence-corrected chi connectivity index (χ3v) is 5.13. The Kier molecular flexibility index (Phi) is 3.53. The summed E-state index contributed by atoms with van der Waals surface area (Å²) >= 11 is 0. The average Bonchev–Trinajstić information content (AvgIpc) is 3.27. The summed E-state index contributed by atoms with van der Waals surface area (Å²) in [5.74, 6) is -0.0176. The van der Waals surface area contributed by atoms with E-state index in [0.717, 1.165) is 41.0 Å². The Labute approximate surface area is 155 Å². The third kappa shape index (κ3) is 2.59. The standard InChI is InChI=1S/C20H18N6O/c1-12-14(11-22-25-12)15-6-5-13-10-17(24-19(13)23-15)20(27)26-9-7-18(26)16-4-2-3-8-21-16/h2-6,8,10-11,18H,7,9H2,1H3,(H,22,25)(H,23,24)/t18-/m1/s1. The van der Waals surface area contributed by atoms with Crippen molar-refractivity contribution in [3.8, 4) is 11.3 Å². The number of nitrogens with zero attached hydrogens (tertiary/aromatic N) is 4. The van der Waals surface area contributed by atoms with Crippen LogP contribution in [0.25, 0.3) is 22.3 Å². The number of H-pyrrole nitrogens is 2. The lowest BCUT2D eigenvalue weighted by Crippen LogP contribution is -2.45. The van der Waals surface area contributed by atoms with Gasteiger partial charge in [0, 0.05) is 29.4 Å². The lowest BCUT2D eigenvalue weighted by atomic mass is 9.98. The topological polar surface area (TPSA) is 90.6 Å². The molecule has 1 atom stereocenters.